The molecule has 1 aliphatic heterocycles. The standard InChI is InChI=1S/C21H11Cl2N3O6/c22-15-2-1-3-16(18(15)23)25-20(28)14(19(27)24-21(25)29)10-13-8-9-17(32-13)11-4-6-12(7-5-11)26(30)31/h1-10H,(H,24,27,29)/b14-10-. The molecule has 9 nitrogen and oxygen atoms in total. The summed E-state index contributed by atoms with van der Waals surface area (Å²) in [6, 6.07) is 12.2. The number of carbonyl (C=O) groups is 3. The monoisotopic (exact) mass is 471 g/mol. The van der Waals surface area contributed by atoms with E-state index in [2.05, 4.69) is 5.32 Å². The lowest BCUT2D eigenvalue weighted by molar-refractivity contribution is -0.384. The fraction of sp³-hybridized carbons (Fsp3) is 0. The van der Waals surface area contributed by atoms with Gasteiger partial charge in [-0.15, -0.1) is 0 Å². The van der Waals surface area contributed by atoms with Gasteiger partial charge in [-0.25, -0.2) is 9.69 Å². The van der Waals surface area contributed by atoms with E-state index in [4.69, 9.17) is 27.6 Å². The molecule has 4 rings (SSSR count). The second kappa shape index (κ2) is 8.29. The van der Waals surface area contributed by atoms with E-state index < -0.39 is 22.8 Å². The molecular weight excluding hydrogens is 461 g/mol. The van der Waals surface area contributed by atoms with Crippen LogP contribution in [-0.2, 0) is 9.59 Å². The molecule has 11 heteroatoms. The molecule has 0 saturated carbocycles. The van der Waals surface area contributed by atoms with Crippen molar-refractivity contribution in [3.8, 4) is 11.3 Å². The summed E-state index contributed by atoms with van der Waals surface area (Å²) in [4.78, 5) is 48.6. The smallest absolute Gasteiger partial charge is 0.336 e. The van der Waals surface area contributed by atoms with Crippen LogP contribution in [0.15, 0.2) is 64.6 Å². The number of nitrogens with zero attached hydrogens (tertiary/aromatic N) is 2. The van der Waals surface area contributed by atoms with Crippen LogP contribution in [0.2, 0.25) is 10.0 Å². The fourth-order valence-corrected chi connectivity index (χ4v) is 3.40. The molecule has 160 valence electrons. The van der Waals surface area contributed by atoms with Crippen LogP contribution in [0, 0.1) is 10.1 Å². The van der Waals surface area contributed by atoms with E-state index in [1.54, 1.807) is 6.07 Å². The van der Waals surface area contributed by atoms with Crippen LogP contribution in [0.5, 0.6) is 0 Å². The van der Waals surface area contributed by atoms with Crippen LogP contribution in [-0.4, -0.2) is 22.8 Å². The highest BCUT2D eigenvalue weighted by atomic mass is 35.5. The van der Waals surface area contributed by atoms with Crippen LogP contribution in [0.25, 0.3) is 17.4 Å². The van der Waals surface area contributed by atoms with E-state index in [1.807, 2.05) is 0 Å². The number of carbonyl (C=O) groups excluding carboxylic acids is 3. The first-order valence-corrected chi connectivity index (χ1v) is 9.72. The number of halogens is 2. The second-order valence-corrected chi connectivity index (χ2v) is 7.32. The number of urea groups is 1. The maximum atomic E-state index is 13.0. The van der Waals surface area contributed by atoms with Crippen LogP contribution in [0.1, 0.15) is 5.76 Å². The molecule has 32 heavy (non-hydrogen) atoms. The summed E-state index contributed by atoms with van der Waals surface area (Å²) < 4.78 is 5.65. The Balaban J connectivity index is 1.67. The van der Waals surface area contributed by atoms with Gasteiger partial charge in [-0.1, -0.05) is 29.3 Å². The van der Waals surface area contributed by atoms with Crippen LogP contribution in [0.4, 0.5) is 16.2 Å². The number of hydrogen-bond donors (Lipinski definition) is 1. The number of nitro groups is 1. The Morgan fingerprint density at radius 1 is 1.00 bits per heavy atom. The fourth-order valence-electron chi connectivity index (χ4n) is 3.02. The summed E-state index contributed by atoms with van der Waals surface area (Å²) in [6.45, 7) is 0. The third kappa shape index (κ3) is 3.86. The Labute approximate surface area is 190 Å². The van der Waals surface area contributed by atoms with Crippen molar-refractivity contribution in [3.05, 3.63) is 86.1 Å². The van der Waals surface area contributed by atoms with E-state index in [0.717, 1.165) is 0 Å². The highest BCUT2D eigenvalue weighted by Gasteiger charge is 2.38. The third-order valence-electron chi connectivity index (χ3n) is 4.55. The topological polar surface area (TPSA) is 123 Å². The Morgan fingerprint density at radius 3 is 2.41 bits per heavy atom. The van der Waals surface area contributed by atoms with Crippen molar-refractivity contribution in [2.45, 2.75) is 0 Å². The zero-order chi connectivity index (χ0) is 23.0. The molecule has 2 aromatic carbocycles. The van der Waals surface area contributed by atoms with Crippen LogP contribution in [0.3, 0.4) is 0 Å². The molecule has 3 aromatic rings. The van der Waals surface area contributed by atoms with Gasteiger partial charge >= 0.3 is 6.03 Å². The first-order valence-electron chi connectivity index (χ1n) is 8.96. The molecule has 0 spiro atoms. The predicted molar refractivity (Wildman–Crippen MR) is 116 cm³/mol. The van der Waals surface area contributed by atoms with E-state index in [1.165, 1.54) is 54.6 Å². The van der Waals surface area contributed by atoms with Crippen molar-refractivity contribution in [2.75, 3.05) is 4.90 Å². The Bertz CT molecular complexity index is 1310. The lowest BCUT2D eigenvalue weighted by atomic mass is 10.1. The van der Waals surface area contributed by atoms with Crippen molar-refractivity contribution >= 4 is 58.5 Å². The Hall–Kier alpha value is -3.95. The number of barbiturate groups is 1. The van der Waals surface area contributed by atoms with E-state index in [-0.39, 0.29) is 32.8 Å². The van der Waals surface area contributed by atoms with Gasteiger partial charge in [0.15, 0.2) is 0 Å². The molecule has 0 radical (unpaired) electrons. The van der Waals surface area contributed by atoms with E-state index in [0.29, 0.717) is 16.2 Å². The van der Waals surface area contributed by atoms with E-state index >= 15 is 0 Å². The highest BCUT2D eigenvalue weighted by molar-refractivity contribution is 6.46. The minimum absolute atomic E-state index is 0.0195. The number of furan rings is 1. The first-order chi connectivity index (χ1) is 15.3. The number of hydrogen-bond acceptors (Lipinski definition) is 6. The maximum absolute atomic E-state index is 13.0. The largest absolute Gasteiger partial charge is 0.457 e. The summed E-state index contributed by atoms with van der Waals surface area (Å²) in [5.41, 5.74) is 0.148. The van der Waals surface area contributed by atoms with Crippen molar-refractivity contribution < 1.29 is 23.7 Å². The van der Waals surface area contributed by atoms with E-state index in [9.17, 15) is 24.5 Å². The molecule has 0 atom stereocenters. The Kier molecular flexibility index (Phi) is 5.52. The molecule has 2 heterocycles. The number of anilines is 1. The zero-order valence-electron chi connectivity index (χ0n) is 15.9. The molecular formula is C21H11Cl2N3O6. The summed E-state index contributed by atoms with van der Waals surface area (Å²) in [5.74, 6) is -1.29. The SMILES string of the molecule is O=C1NC(=O)N(c2cccc(Cl)c2Cl)C(=O)/C1=C\c1ccc(-c2ccc([N+](=O)[O-])cc2)o1. The van der Waals surface area contributed by atoms with Crippen molar-refractivity contribution in [2.24, 2.45) is 0 Å². The molecule has 0 aliphatic carbocycles. The number of rotatable bonds is 4. The van der Waals surface area contributed by atoms with Gasteiger partial charge in [0, 0.05) is 17.7 Å². The number of nitro benzene ring substituents is 1. The number of benzene rings is 2. The van der Waals surface area contributed by atoms with Gasteiger partial charge in [-0.2, -0.15) is 0 Å². The quantitative estimate of drug-likeness (QED) is 0.251. The zero-order valence-corrected chi connectivity index (χ0v) is 17.4. The first kappa shape index (κ1) is 21.3. The molecule has 1 aliphatic rings. The van der Waals surface area contributed by atoms with Crippen molar-refractivity contribution in [3.63, 3.8) is 0 Å². The number of imide groups is 2. The van der Waals surface area contributed by atoms with Crippen LogP contribution < -0.4 is 10.2 Å². The minimum Gasteiger partial charge on any atom is -0.457 e. The maximum Gasteiger partial charge on any atom is 0.336 e. The van der Waals surface area contributed by atoms with Crippen LogP contribution >= 0.6 is 23.2 Å². The lowest BCUT2D eigenvalue weighted by Gasteiger charge is -2.27. The van der Waals surface area contributed by atoms with Gasteiger partial charge < -0.3 is 4.42 Å². The lowest BCUT2D eigenvalue weighted by Crippen LogP contribution is -2.54. The van der Waals surface area contributed by atoms with Crippen molar-refractivity contribution in [1.82, 2.24) is 5.32 Å². The van der Waals surface area contributed by atoms with Crippen molar-refractivity contribution in [1.29, 1.82) is 0 Å². The number of non-ortho nitro benzene ring substituents is 1. The second-order valence-electron chi connectivity index (χ2n) is 6.54. The number of amides is 4. The summed E-state index contributed by atoms with van der Waals surface area (Å²) in [7, 11) is 0. The normalized spacial score (nSPS) is 15.2. The summed E-state index contributed by atoms with van der Waals surface area (Å²) in [6.07, 6.45) is 1.18. The van der Waals surface area contributed by atoms with Gasteiger partial charge in [0.05, 0.1) is 20.7 Å². The molecule has 1 N–H and O–H groups in total. The minimum atomic E-state index is -0.965. The average molecular weight is 472 g/mol. The van der Waals surface area contributed by atoms with Gasteiger partial charge in [-0.05, 0) is 42.5 Å². The van der Waals surface area contributed by atoms with Gasteiger partial charge in [0.2, 0.25) is 0 Å². The third-order valence-corrected chi connectivity index (χ3v) is 5.36. The van der Waals surface area contributed by atoms with Gasteiger partial charge in [0.1, 0.15) is 17.1 Å². The molecule has 1 fully saturated rings. The molecule has 4 amide bonds. The average Bonchev–Trinajstić information content (AvgIpc) is 3.23. The molecule has 1 saturated heterocycles. The highest BCUT2D eigenvalue weighted by Crippen LogP contribution is 2.34. The molecule has 1 aromatic heterocycles. The summed E-state index contributed by atoms with van der Waals surface area (Å²) >= 11 is 12.1. The molecule has 0 bridgehead atoms. The predicted octanol–water partition coefficient (Wildman–Crippen LogP) is 4.83. The number of nitrogens with one attached hydrogen (secondary N) is 1. The van der Waals surface area contributed by atoms with Gasteiger partial charge in [-0.3, -0.25) is 25.0 Å². The summed E-state index contributed by atoms with van der Waals surface area (Å²) in [5, 5.41) is 13.0. The molecule has 0 unspecified atom stereocenters. The Morgan fingerprint density at radius 2 is 1.72 bits per heavy atom. The van der Waals surface area contributed by atoms with Gasteiger partial charge in [0.25, 0.3) is 17.5 Å².